The third-order valence-electron chi connectivity index (χ3n) is 10.3. The lowest BCUT2D eigenvalue weighted by molar-refractivity contribution is 1.24. The molecule has 262 valence electrons. The van der Waals surface area contributed by atoms with Gasteiger partial charge in [-0.3, -0.25) is 0 Å². The van der Waals surface area contributed by atoms with Crippen molar-refractivity contribution in [1.82, 2.24) is 29.9 Å². The zero-order valence-electron chi connectivity index (χ0n) is 29.8. The number of thiophene rings is 1. The summed E-state index contributed by atoms with van der Waals surface area (Å²) in [6.07, 6.45) is 5.24. The van der Waals surface area contributed by atoms with Crippen molar-refractivity contribution in [2.24, 2.45) is 0 Å². The van der Waals surface area contributed by atoms with Gasteiger partial charge in [0.25, 0.3) is 0 Å². The van der Waals surface area contributed by atoms with Crippen molar-refractivity contribution in [3.05, 3.63) is 176 Å². The van der Waals surface area contributed by atoms with Crippen LogP contribution in [0.15, 0.2) is 176 Å². The van der Waals surface area contributed by atoms with E-state index in [4.69, 9.17) is 15.0 Å². The maximum absolute atomic E-state index is 4.84. The molecule has 0 aliphatic heterocycles. The molecule has 7 nitrogen and oxygen atoms in total. The fourth-order valence-electron chi connectivity index (χ4n) is 7.49. The summed E-state index contributed by atoms with van der Waals surface area (Å²) in [5.74, 6) is 0. The van der Waals surface area contributed by atoms with E-state index < -0.39 is 0 Å². The molecule has 11 aromatic rings. The standard InChI is InChI=1S/C48H29N7S/c1-2-8-43-40(7-1)45-46(56-43)44(51-29-52-45)36-10-9-35-28-39(22-15-34(35)27-36)55(37-18-11-30(12-19-37)41-23-16-32-5-3-25-49-47(32)53-41)38-20-13-31(14-21-38)42-24-17-33-6-4-26-50-48(33)54-42/h1-29H. The summed E-state index contributed by atoms with van der Waals surface area (Å²) >= 11 is 1.74. The number of hydrogen-bond acceptors (Lipinski definition) is 8. The summed E-state index contributed by atoms with van der Waals surface area (Å²) in [7, 11) is 0. The molecule has 8 heteroatoms. The van der Waals surface area contributed by atoms with Crippen molar-refractivity contribution in [3.63, 3.8) is 0 Å². The van der Waals surface area contributed by atoms with Crippen LogP contribution in [0.5, 0.6) is 0 Å². The molecule has 0 aliphatic carbocycles. The lowest BCUT2D eigenvalue weighted by atomic mass is 10.0. The monoisotopic (exact) mass is 735 g/mol. The van der Waals surface area contributed by atoms with Crippen LogP contribution in [0.25, 0.3) is 86.9 Å². The number of hydrogen-bond donors (Lipinski definition) is 0. The Bertz CT molecular complexity index is 3150. The average molecular weight is 736 g/mol. The molecule has 0 atom stereocenters. The normalized spacial score (nSPS) is 11.6. The fourth-order valence-corrected chi connectivity index (χ4v) is 8.65. The van der Waals surface area contributed by atoms with Crippen LogP contribution in [0.4, 0.5) is 17.1 Å². The molecule has 0 spiro atoms. The summed E-state index contributed by atoms with van der Waals surface area (Å²) in [6.45, 7) is 0. The van der Waals surface area contributed by atoms with Crippen LogP contribution in [0.2, 0.25) is 0 Å². The third-order valence-corrected chi connectivity index (χ3v) is 11.5. The smallest absolute Gasteiger partial charge is 0.159 e. The van der Waals surface area contributed by atoms with E-state index in [1.54, 1.807) is 30.1 Å². The van der Waals surface area contributed by atoms with Gasteiger partial charge in [0.2, 0.25) is 0 Å². The second-order valence-electron chi connectivity index (χ2n) is 13.7. The Kier molecular flexibility index (Phi) is 7.53. The molecular formula is C48H29N7S. The zero-order valence-corrected chi connectivity index (χ0v) is 30.6. The van der Waals surface area contributed by atoms with Gasteiger partial charge in [-0.2, -0.15) is 0 Å². The van der Waals surface area contributed by atoms with Crippen molar-refractivity contribution in [2.75, 3.05) is 4.90 Å². The Hall–Kier alpha value is -7.42. The lowest BCUT2D eigenvalue weighted by Gasteiger charge is -2.26. The highest BCUT2D eigenvalue weighted by atomic mass is 32.1. The number of aromatic nitrogens is 6. The topological polar surface area (TPSA) is 80.6 Å². The van der Waals surface area contributed by atoms with Crippen LogP contribution >= 0.6 is 11.3 Å². The van der Waals surface area contributed by atoms with Gasteiger partial charge in [-0.05, 0) is 108 Å². The van der Waals surface area contributed by atoms with Gasteiger partial charge >= 0.3 is 0 Å². The first-order chi connectivity index (χ1) is 27.7. The highest BCUT2D eigenvalue weighted by Crippen LogP contribution is 2.41. The van der Waals surface area contributed by atoms with Crippen LogP contribution in [0.1, 0.15) is 0 Å². The van der Waals surface area contributed by atoms with Crippen molar-refractivity contribution in [3.8, 4) is 33.8 Å². The summed E-state index contributed by atoms with van der Waals surface area (Å²) in [4.78, 5) is 30.3. The second-order valence-corrected chi connectivity index (χ2v) is 14.7. The highest BCUT2D eigenvalue weighted by molar-refractivity contribution is 7.26. The van der Waals surface area contributed by atoms with Crippen LogP contribution in [0, 0.1) is 0 Å². The zero-order chi connectivity index (χ0) is 37.0. The average Bonchev–Trinajstić information content (AvgIpc) is 3.66. The van der Waals surface area contributed by atoms with Gasteiger partial charge in [0, 0.05) is 67.0 Å². The number of benzene rings is 5. The summed E-state index contributed by atoms with van der Waals surface area (Å²) < 4.78 is 2.32. The Morgan fingerprint density at radius 2 is 1.00 bits per heavy atom. The molecule has 56 heavy (non-hydrogen) atoms. The molecule has 0 fully saturated rings. The molecule has 6 heterocycles. The van der Waals surface area contributed by atoms with E-state index in [1.807, 2.05) is 24.3 Å². The number of nitrogens with zero attached hydrogens (tertiary/aromatic N) is 7. The van der Waals surface area contributed by atoms with Crippen molar-refractivity contribution >= 4 is 81.5 Å². The Labute approximate surface area is 325 Å². The first-order valence-corrected chi connectivity index (χ1v) is 19.1. The molecule has 6 aromatic heterocycles. The number of anilines is 3. The second kappa shape index (κ2) is 13.2. The molecule has 0 aliphatic rings. The van der Waals surface area contributed by atoms with E-state index in [0.29, 0.717) is 0 Å². The maximum atomic E-state index is 4.84. The predicted octanol–water partition coefficient (Wildman–Crippen LogP) is 12.4. The molecule has 11 rings (SSSR count). The van der Waals surface area contributed by atoms with Gasteiger partial charge in [-0.15, -0.1) is 11.3 Å². The Morgan fingerprint density at radius 3 is 1.68 bits per heavy atom. The lowest BCUT2D eigenvalue weighted by Crippen LogP contribution is -2.10. The number of rotatable bonds is 6. The molecule has 0 amide bonds. The van der Waals surface area contributed by atoms with E-state index in [0.717, 1.165) is 93.9 Å². The third kappa shape index (κ3) is 5.59. The van der Waals surface area contributed by atoms with Crippen LogP contribution in [-0.4, -0.2) is 29.9 Å². The minimum Gasteiger partial charge on any atom is -0.310 e. The molecular weight excluding hydrogens is 707 g/mol. The quantitative estimate of drug-likeness (QED) is 0.168. The van der Waals surface area contributed by atoms with Gasteiger partial charge in [0.1, 0.15) is 6.33 Å². The van der Waals surface area contributed by atoms with E-state index >= 15 is 0 Å². The van der Waals surface area contributed by atoms with Gasteiger partial charge in [0.05, 0.1) is 27.3 Å². The Balaban J connectivity index is 0.987. The minimum atomic E-state index is 0.736. The van der Waals surface area contributed by atoms with Gasteiger partial charge in [-0.25, -0.2) is 29.9 Å². The van der Waals surface area contributed by atoms with Gasteiger partial charge < -0.3 is 4.90 Å². The van der Waals surface area contributed by atoms with E-state index in [-0.39, 0.29) is 0 Å². The summed E-state index contributed by atoms with van der Waals surface area (Å²) in [5, 5.41) is 5.47. The van der Waals surface area contributed by atoms with E-state index in [1.165, 1.54) is 10.1 Å². The SMILES string of the molecule is c1cnc2nc(-c3ccc(N(c4ccc(-c5ccc6cccnc6n5)cc4)c4ccc5cc(-c6ncnc7c6sc6ccccc67)ccc5c4)cc3)ccc2c1. The van der Waals surface area contributed by atoms with Gasteiger partial charge in [0.15, 0.2) is 11.3 Å². The number of pyridine rings is 4. The summed E-state index contributed by atoms with van der Waals surface area (Å²) in [5.41, 5.74) is 11.4. The first kappa shape index (κ1) is 32.0. The van der Waals surface area contributed by atoms with Crippen molar-refractivity contribution in [1.29, 1.82) is 0 Å². The van der Waals surface area contributed by atoms with E-state index in [9.17, 15) is 0 Å². The van der Waals surface area contributed by atoms with Crippen LogP contribution < -0.4 is 4.90 Å². The molecule has 0 bridgehead atoms. The molecule has 0 N–H and O–H groups in total. The minimum absolute atomic E-state index is 0.736. The molecule has 5 aromatic carbocycles. The molecule has 0 saturated carbocycles. The molecule has 0 unspecified atom stereocenters. The van der Waals surface area contributed by atoms with Gasteiger partial charge in [-0.1, -0.05) is 60.7 Å². The maximum Gasteiger partial charge on any atom is 0.159 e. The van der Waals surface area contributed by atoms with Crippen LogP contribution in [0.3, 0.4) is 0 Å². The predicted molar refractivity (Wildman–Crippen MR) is 230 cm³/mol. The first-order valence-electron chi connectivity index (χ1n) is 18.3. The fraction of sp³-hybridized carbons (Fsp3) is 0. The molecule has 0 saturated heterocycles. The van der Waals surface area contributed by atoms with Crippen LogP contribution in [-0.2, 0) is 0 Å². The Morgan fingerprint density at radius 1 is 0.429 bits per heavy atom. The summed E-state index contributed by atoms with van der Waals surface area (Å²) in [6, 6.07) is 55.0. The van der Waals surface area contributed by atoms with Crippen molar-refractivity contribution in [2.45, 2.75) is 0 Å². The molecule has 0 radical (unpaired) electrons. The van der Waals surface area contributed by atoms with E-state index in [2.05, 4.69) is 153 Å². The number of fused-ring (bicyclic) bond motifs is 6. The highest BCUT2D eigenvalue weighted by Gasteiger charge is 2.17. The van der Waals surface area contributed by atoms with Crippen molar-refractivity contribution < 1.29 is 0 Å². The largest absolute Gasteiger partial charge is 0.310 e.